The molecular weight excluding hydrogens is 440 g/mol. The number of aliphatic hydroxyl groups is 1. The molecule has 1 fully saturated rings. The number of anilines is 1. The molecule has 7 nitrogen and oxygen atoms in total. The van der Waals surface area contributed by atoms with E-state index in [9.17, 15) is 5.11 Å². The van der Waals surface area contributed by atoms with E-state index in [1.54, 1.807) is 24.5 Å². The molecule has 1 aliphatic heterocycles. The zero-order chi connectivity index (χ0) is 23.9. The minimum atomic E-state index is -0.999. The van der Waals surface area contributed by atoms with Gasteiger partial charge in [-0.15, -0.1) is 0 Å². The van der Waals surface area contributed by atoms with E-state index in [0.29, 0.717) is 18.2 Å². The number of fused-ring (bicyclic) bond motifs is 1. The average molecular weight is 471 g/mol. The highest BCUT2D eigenvalue weighted by Crippen LogP contribution is 2.25. The Labute approximate surface area is 205 Å². The van der Waals surface area contributed by atoms with Crippen molar-refractivity contribution >= 4 is 16.5 Å². The Morgan fingerprint density at radius 2 is 1.91 bits per heavy atom. The smallest absolute Gasteiger partial charge is 0.182 e. The first kappa shape index (κ1) is 23.2. The van der Waals surface area contributed by atoms with Gasteiger partial charge in [-0.2, -0.15) is 0 Å². The first-order valence-electron chi connectivity index (χ1n) is 12.0. The van der Waals surface area contributed by atoms with Crippen LogP contribution in [0, 0.1) is 0 Å². The lowest BCUT2D eigenvalue weighted by Gasteiger charge is -2.19. The number of benzene rings is 2. The SMILES string of the molecule is OC(OCCOc1cccc(CN2CCC(Nc3cccc4cnccc34)C2)c1)c1cccnc1. The summed E-state index contributed by atoms with van der Waals surface area (Å²) in [4.78, 5) is 10.7. The van der Waals surface area contributed by atoms with Gasteiger partial charge in [0.2, 0.25) is 0 Å². The number of ether oxygens (including phenoxy) is 2. The fourth-order valence-electron chi connectivity index (χ4n) is 4.49. The molecule has 0 bridgehead atoms. The summed E-state index contributed by atoms with van der Waals surface area (Å²) in [5.74, 6) is 0.806. The topological polar surface area (TPSA) is 79.7 Å². The molecule has 0 saturated carbocycles. The van der Waals surface area contributed by atoms with Crippen LogP contribution in [0.15, 0.2) is 85.5 Å². The van der Waals surface area contributed by atoms with Crippen molar-refractivity contribution in [3.05, 3.63) is 96.6 Å². The number of aromatic nitrogens is 2. The Hall–Kier alpha value is -3.52. The van der Waals surface area contributed by atoms with E-state index in [1.807, 2.05) is 24.5 Å². The molecular formula is C28H30N4O3. The lowest BCUT2D eigenvalue weighted by atomic mass is 10.1. The summed E-state index contributed by atoms with van der Waals surface area (Å²) in [6.07, 6.45) is 7.11. The third-order valence-corrected chi connectivity index (χ3v) is 6.21. The second kappa shape index (κ2) is 11.3. The maximum absolute atomic E-state index is 10.1. The van der Waals surface area contributed by atoms with Crippen LogP contribution in [0.1, 0.15) is 23.8 Å². The highest BCUT2D eigenvalue weighted by atomic mass is 16.6. The van der Waals surface area contributed by atoms with Crippen molar-refractivity contribution in [1.82, 2.24) is 14.9 Å². The van der Waals surface area contributed by atoms with Gasteiger partial charge in [-0.1, -0.05) is 30.3 Å². The van der Waals surface area contributed by atoms with E-state index in [-0.39, 0.29) is 6.61 Å². The number of aliphatic hydroxyl groups excluding tert-OH is 1. The van der Waals surface area contributed by atoms with E-state index in [0.717, 1.165) is 37.2 Å². The summed E-state index contributed by atoms with van der Waals surface area (Å²) in [6.45, 7) is 3.56. The van der Waals surface area contributed by atoms with Crippen molar-refractivity contribution in [2.45, 2.75) is 25.3 Å². The molecule has 35 heavy (non-hydrogen) atoms. The van der Waals surface area contributed by atoms with E-state index >= 15 is 0 Å². The number of pyridine rings is 2. The van der Waals surface area contributed by atoms with E-state index < -0.39 is 6.29 Å². The maximum atomic E-state index is 10.1. The number of hydrogen-bond acceptors (Lipinski definition) is 7. The molecule has 2 N–H and O–H groups in total. The van der Waals surface area contributed by atoms with E-state index in [2.05, 4.69) is 56.6 Å². The van der Waals surface area contributed by atoms with Gasteiger partial charge in [-0.3, -0.25) is 14.9 Å². The Morgan fingerprint density at radius 3 is 2.83 bits per heavy atom. The van der Waals surface area contributed by atoms with Gasteiger partial charge in [0.1, 0.15) is 12.4 Å². The number of nitrogens with one attached hydrogen (secondary N) is 1. The summed E-state index contributed by atoms with van der Waals surface area (Å²) in [5.41, 5.74) is 3.02. The third-order valence-electron chi connectivity index (χ3n) is 6.21. The lowest BCUT2D eigenvalue weighted by Crippen LogP contribution is -2.26. The summed E-state index contributed by atoms with van der Waals surface area (Å²) >= 11 is 0. The average Bonchev–Trinajstić information content (AvgIpc) is 3.34. The van der Waals surface area contributed by atoms with Crippen LogP contribution in [-0.4, -0.2) is 52.3 Å². The van der Waals surface area contributed by atoms with Crippen molar-refractivity contribution in [3.8, 4) is 5.75 Å². The third kappa shape index (κ3) is 6.14. The van der Waals surface area contributed by atoms with Crippen molar-refractivity contribution in [3.63, 3.8) is 0 Å². The monoisotopic (exact) mass is 470 g/mol. The van der Waals surface area contributed by atoms with E-state index in [1.165, 1.54) is 16.6 Å². The Bertz CT molecular complexity index is 1230. The predicted molar refractivity (Wildman–Crippen MR) is 136 cm³/mol. The molecule has 7 heteroatoms. The lowest BCUT2D eigenvalue weighted by molar-refractivity contribution is -0.109. The van der Waals surface area contributed by atoms with Crippen LogP contribution in [0.5, 0.6) is 5.75 Å². The number of hydrogen-bond donors (Lipinski definition) is 2. The molecule has 2 aromatic carbocycles. The minimum Gasteiger partial charge on any atom is -0.491 e. The predicted octanol–water partition coefficient (Wildman–Crippen LogP) is 4.40. The second-order valence-corrected chi connectivity index (χ2v) is 8.77. The molecule has 1 saturated heterocycles. The molecule has 3 heterocycles. The van der Waals surface area contributed by atoms with E-state index in [4.69, 9.17) is 9.47 Å². The normalized spacial score (nSPS) is 16.9. The first-order chi connectivity index (χ1) is 17.2. The Morgan fingerprint density at radius 1 is 1.00 bits per heavy atom. The molecule has 180 valence electrons. The molecule has 0 radical (unpaired) electrons. The first-order valence-corrected chi connectivity index (χ1v) is 12.0. The largest absolute Gasteiger partial charge is 0.491 e. The molecule has 0 amide bonds. The second-order valence-electron chi connectivity index (χ2n) is 8.77. The van der Waals surface area contributed by atoms with Crippen LogP contribution >= 0.6 is 0 Å². The van der Waals surface area contributed by atoms with Gasteiger partial charge in [0.05, 0.1) is 6.61 Å². The molecule has 2 unspecified atom stereocenters. The quantitative estimate of drug-likeness (QED) is 0.263. The highest BCUT2D eigenvalue weighted by molar-refractivity contribution is 5.93. The zero-order valence-electron chi connectivity index (χ0n) is 19.6. The van der Waals surface area contributed by atoms with Crippen molar-refractivity contribution < 1.29 is 14.6 Å². The molecule has 0 spiro atoms. The number of likely N-dealkylation sites (tertiary alicyclic amines) is 1. The summed E-state index contributed by atoms with van der Waals surface area (Å²) in [5, 5.41) is 16.2. The zero-order valence-corrected chi connectivity index (χ0v) is 19.6. The number of rotatable bonds is 10. The molecule has 0 aliphatic carbocycles. The molecule has 1 aliphatic rings. The van der Waals surface area contributed by atoms with Crippen LogP contribution < -0.4 is 10.1 Å². The number of nitrogens with zero attached hydrogens (tertiary/aromatic N) is 3. The van der Waals surface area contributed by atoms with Gasteiger partial charge < -0.3 is 19.9 Å². The van der Waals surface area contributed by atoms with Crippen LogP contribution in [-0.2, 0) is 11.3 Å². The Balaban J connectivity index is 1.09. The molecule has 5 rings (SSSR count). The van der Waals surface area contributed by atoms with Gasteiger partial charge in [-0.05, 0) is 42.3 Å². The fourth-order valence-corrected chi connectivity index (χ4v) is 4.49. The van der Waals surface area contributed by atoms with Gasteiger partial charge >= 0.3 is 0 Å². The minimum absolute atomic E-state index is 0.282. The standard InChI is InChI=1S/C28H30N4O3/c33-28(23-6-3-11-29-18-23)35-15-14-34-25-7-1-4-21(16-25)19-32-13-10-24(20-32)31-27-8-2-5-22-17-30-12-9-26(22)27/h1-9,11-12,16-18,24,28,31,33H,10,13-15,19-20H2. The fraction of sp³-hybridized carbons (Fsp3) is 0.286. The highest BCUT2D eigenvalue weighted by Gasteiger charge is 2.23. The van der Waals surface area contributed by atoms with Crippen LogP contribution in [0.25, 0.3) is 10.8 Å². The van der Waals surface area contributed by atoms with Gasteiger partial charge in [0.15, 0.2) is 6.29 Å². The van der Waals surface area contributed by atoms with Crippen molar-refractivity contribution in [1.29, 1.82) is 0 Å². The van der Waals surface area contributed by atoms with Crippen LogP contribution in [0.2, 0.25) is 0 Å². The van der Waals surface area contributed by atoms with Gasteiger partial charge in [-0.25, -0.2) is 0 Å². The van der Waals surface area contributed by atoms with Crippen LogP contribution in [0.4, 0.5) is 5.69 Å². The van der Waals surface area contributed by atoms with Gasteiger partial charge in [0, 0.05) is 72.5 Å². The molecule has 4 aromatic rings. The molecule has 2 aromatic heterocycles. The van der Waals surface area contributed by atoms with Crippen molar-refractivity contribution in [2.24, 2.45) is 0 Å². The summed E-state index contributed by atoms with van der Waals surface area (Å²) in [7, 11) is 0. The molecule has 2 atom stereocenters. The summed E-state index contributed by atoms with van der Waals surface area (Å²) < 4.78 is 11.3. The van der Waals surface area contributed by atoms with Crippen molar-refractivity contribution in [2.75, 3.05) is 31.6 Å². The summed E-state index contributed by atoms with van der Waals surface area (Å²) in [6, 6.07) is 20.5. The maximum Gasteiger partial charge on any atom is 0.182 e. The van der Waals surface area contributed by atoms with Crippen LogP contribution in [0.3, 0.4) is 0 Å². The Kier molecular flexibility index (Phi) is 7.48. The van der Waals surface area contributed by atoms with Gasteiger partial charge in [0.25, 0.3) is 0 Å².